The monoisotopic (exact) mass is 157 g/mol. The number of aliphatic hydroxyl groups is 1. The molecule has 0 radical (unpaired) electrons. The number of hydrogen-bond donors (Lipinski definition) is 3. The number of anilines is 2. The molecule has 1 aromatic rings. The van der Waals surface area contributed by atoms with Crippen LogP contribution in [-0.4, -0.2) is 33.5 Å². The van der Waals surface area contributed by atoms with Crippen molar-refractivity contribution in [3.63, 3.8) is 0 Å². The topological polar surface area (TPSA) is 89.0 Å². The lowest BCUT2D eigenvalue weighted by Crippen LogP contribution is -2.07. The van der Waals surface area contributed by atoms with Gasteiger partial charge in [0, 0.05) is 7.05 Å². The Bertz CT molecular complexity index is 233. The summed E-state index contributed by atoms with van der Waals surface area (Å²) in [7, 11) is 1.71. The molecule has 0 atom stereocenters. The van der Waals surface area contributed by atoms with Crippen LogP contribution >= 0.6 is 0 Å². The highest BCUT2D eigenvalue weighted by Crippen LogP contribution is 2.02. The van der Waals surface area contributed by atoms with E-state index in [1.54, 1.807) is 7.05 Å². The van der Waals surface area contributed by atoms with Crippen molar-refractivity contribution < 1.29 is 5.11 Å². The lowest BCUT2D eigenvalue weighted by atomic mass is 10.7. The summed E-state index contributed by atoms with van der Waals surface area (Å²) >= 11 is 0. The van der Waals surface area contributed by atoms with Crippen LogP contribution in [0.2, 0.25) is 0 Å². The van der Waals surface area contributed by atoms with Crippen molar-refractivity contribution in [3.8, 4) is 0 Å². The summed E-state index contributed by atoms with van der Waals surface area (Å²) in [5, 5.41) is 15.2. The zero-order valence-corrected chi connectivity index (χ0v) is 6.28. The van der Waals surface area contributed by atoms with Crippen LogP contribution < -0.4 is 11.1 Å². The van der Waals surface area contributed by atoms with Gasteiger partial charge in [-0.3, -0.25) is 0 Å². The Hall–Kier alpha value is -1.30. The second kappa shape index (κ2) is 3.20. The van der Waals surface area contributed by atoms with E-state index in [4.69, 9.17) is 10.8 Å². The van der Waals surface area contributed by atoms with E-state index in [1.165, 1.54) is 4.68 Å². The minimum absolute atomic E-state index is 0.0106. The summed E-state index contributed by atoms with van der Waals surface area (Å²) in [5.41, 5.74) is 5.44. The summed E-state index contributed by atoms with van der Waals surface area (Å²) in [6.07, 6.45) is 0. The molecule has 6 nitrogen and oxygen atoms in total. The van der Waals surface area contributed by atoms with Gasteiger partial charge < -0.3 is 16.2 Å². The fourth-order valence-electron chi connectivity index (χ4n) is 0.719. The molecule has 0 saturated heterocycles. The first-order valence-electron chi connectivity index (χ1n) is 3.27. The minimum atomic E-state index is 0.0106. The smallest absolute Gasteiger partial charge is 0.243 e. The van der Waals surface area contributed by atoms with Gasteiger partial charge in [0.05, 0.1) is 13.2 Å². The molecule has 1 heterocycles. The number of nitrogens with two attached hydrogens (primary N) is 1. The Morgan fingerprint density at radius 1 is 1.73 bits per heavy atom. The van der Waals surface area contributed by atoms with E-state index in [2.05, 4.69) is 15.4 Å². The second-order valence-electron chi connectivity index (χ2n) is 1.99. The molecular weight excluding hydrogens is 146 g/mol. The molecule has 0 spiro atoms. The van der Waals surface area contributed by atoms with Crippen LogP contribution in [-0.2, 0) is 6.54 Å². The average Bonchev–Trinajstić information content (AvgIpc) is 2.33. The van der Waals surface area contributed by atoms with Gasteiger partial charge in [0.15, 0.2) is 0 Å². The predicted octanol–water partition coefficient (Wildman–Crippen LogP) is -1.11. The Morgan fingerprint density at radius 3 is 2.91 bits per heavy atom. The van der Waals surface area contributed by atoms with Gasteiger partial charge in [0.2, 0.25) is 11.9 Å². The molecule has 0 aliphatic carbocycles. The van der Waals surface area contributed by atoms with Crippen molar-refractivity contribution in [3.05, 3.63) is 0 Å². The highest BCUT2D eigenvalue weighted by atomic mass is 16.3. The maximum atomic E-state index is 8.56. The van der Waals surface area contributed by atoms with E-state index in [-0.39, 0.29) is 6.61 Å². The molecule has 4 N–H and O–H groups in total. The third-order valence-electron chi connectivity index (χ3n) is 1.24. The highest BCUT2D eigenvalue weighted by molar-refractivity contribution is 5.30. The number of aliphatic hydroxyl groups excluding tert-OH is 1. The summed E-state index contributed by atoms with van der Waals surface area (Å²) < 4.78 is 1.44. The van der Waals surface area contributed by atoms with Crippen LogP contribution in [0, 0.1) is 0 Å². The molecule has 0 aromatic carbocycles. The molecule has 1 aromatic heterocycles. The van der Waals surface area contributed by atoms with Crippen LogP contribution in [0.1, 0.15) is 0 Å². The number of nitrogen functional groups attached to an aromatic ring is 1. The second-order valence-corrected chi connectivity index (χ2v) is 1.99. The Kier molecular flexibility index (Phi) is 2.27. The molecule has 0 unspecified atom stereocenters. The van der Waals surface area contributed by atoms with Crippen molar-refractivity contribution in [1.29, 1.82) is 0 Å². The highest BCUT2D eigenvalue weighted by Gasteiger charge is 2.02. The van der Waals surface area contributed by atoms with E-state index in [0.29, 0.717) is 18.4 Å². The summed E-state index contributed by atoms with van der Waals surface area (Å²) in [4.78, 5) is 3.86. The van der Waals surface area contributed by atoms with Crippen LogP contribution in [0.4, 0.5) is 11.9 Å². The molecule has 0 saturated carbocycles. The fraction of sp³-hybridized carbons (Fsp3) is 0.600. The normalized spacial score (nSPS) is 10.0. The summed E-state index contributed by atoms with van der Waals surface area (Å²) in [5.74, 6) is 0.777. The molecule has 0 amide bonds. The fourth-order valence-corrected chi connectivity index (χ4v) is 0.719. The van der Waals surface area contributed by atoms with Gasteiger partial charge in [-0.15, -0.1) is 5.10 Å². The molecular formula is C5H11N5O. The van der Waals surface area contributed by atoms with Gasteiger partial charge in [0.1, 0.15) is 0 Å². The first-order chi connectivity index (χ1) is 5.27. The van der Waals surface area contributed by atoms with E-state index in [0.717, 1.165) is 0 Å². The van der Waals surface area contributed by atoms with Gasteiger partial charge in [-0.25, -0.2) is 4.68 Å². The van der Waals surface area contributed by atoms with Crippen molar-refractivity contribution in [2.75, 3.05) is 24.7 Å². The van der Waals surface area contributed by atoms with Crippen LogP contribution in [0.5, 0.6) is 0 Å². The van der Waals surface area contributed by atoms with Gasteiger partial charge in [-0.05, 0) is 0 Å². The van der Waals surface area contributed by atoms with Gasteiger partial charge >= 0.3 is 0 Å². The molecule has 0 bridgehead atoms. The number of nitrogens with zero attached hydrogens (tertiary/aromatic N) is 3. The maximum absolute atomic E-state index is 8.56. The molecule has 0 fully saturated rings. The zero-order valence-electron chi connectivity index (χ0n) is 6.28. The zero-order chi connectivity index (χ0) is 8.27. The van der Waals surface area contributed by atoms with Crippen molar-refractivity contribution in [2.24, 2.45) is 0 Å². The average molecular weight is 157 g/mol. The quantitative estimate of drug-likeness (QED) is 0.518. The number of hydrogen-bond acceptors (Lipinski definition) is 5. The molecule has 0 aliphatic rings. The van der Waals surface area contributed by atoms with Crippen molar-refractivity contribution >= 4 is 11.9 Å². The number of nitrogens with one attached hydrogen (secondary N) is 1. The largest absolute Gasteiger partial charge is 0.394 e. The van der Waals surface area contributed by atoms with Gasteiger partial charge in [0.25, 0.3) is 0 Å². The number of rotatable bonds is 3. The summed E-state index contributed by atoms with van der Waals surface area (Å²) in [6.45, 7) is 0.386. The Balaban J connectivity index is 2.79. The van der Waals surface area contributed by atoms with E-state index < -0.39 is 0 Å². The molecule has 62 valence electrons. The molecule has 0 aliphatic heterocycles. The third-order valence-corrected chi connectivity index (χ3v) is 1.24. The third kappa shape index (κ3) is 1.58. The predicted molar refractivity (Wildman–Crippen MR) is 41.1 cm³/mol. The summed E-state index contributed by atoms with van der Waals surface area (Å²) in [6, 6.07) is 0. The van der Waals surface area contributed by atoms with Gasteiger partial charge in [-0.2, -0.15) is 4.98 Å². The first-order valence-corrected chi connectivity index (χ1v) is 3.27. The van der Waals surface area contributed by atoms with Crippen LogP contribution in [0.3, 0.4) is 0 Å². The van der Waals surface area contributed by atoms with Crippen molar-refractivity contribution in [1.82, 2.24) is 14.8 Å². The van der Waals surface area contributed by atoms with Gasteiger partial charge in [-0.1, -0.05) is 0 Å². The maximum Gasteiger partial charge on any atom is 0.243 e. The van der Waals surface area contributed by atoms with Crippen LogP contribution in [0.25, 0.3) is 0 Å². The standard InChI is InChI=1S/C5H11N5O/c1-7-5-8-4(6)10(9-5)2-3-11/h11H,2-3H2,1H3,(H3,6,7,8,9). The SMILES string of the molecule is CNc1nc(N)n(CCO)n1. The first kappa shape index (κ1) is 7.80. The van der Waals surface area contributed by atoms with E-state index >= 15 is 0 Å². The molecule has 11 heavy (non-hydrogen) atoms. The Morgan fingerprint density at radius 2 is 2.45 bits per heavy atom. The molecule has 6 heteroatoms. The van der Waals surface area contributed by atoms with Crippen LogP contribution in [0.15, 0.2) is 0 Å². The molecule has 1 rings (SSSR count). The lowest BCUT2D eigenvalue weighted by molar-refractivity contribution is 0.270. The van der Waals surface area contributed by atoms with E-state index in [9.17, 15) is 0 Å². The van der Waals surface area contributed by atoms with Crippen molar-refractivity contribution in [2.45, 2.75) is 6.54 Å². The minimum Gasteiger partial charge on any atom is -0.394 e. The lowest BCUT2D eigenvalue weighted by Gasteiger charge is -1.96. The Labute approximate surface area is 64.0 Å². The van der Waals surface area contributed by atoms with E-state index in [1.807, 2.05) is 0 Å². The number of aromatic nitrogens is 3.